The van der Waals surface area contributed by atoms with E-state index in [1.165, 1.54) is 12.8 Å². The smallest absolute Gasteiger partial charge is 0.180 e. The minimum absolute atomic E-state index is 0.555. The summed E-state index contributed by atoms with van der Waals surface area (Å²) in [6.45, 7) is 3.86. The number of nitrogens with zero attached hydrogens (tertiary/aromatic N) is 4. The van der Waals surface area contributed by atoms with Crippen molar-refractivity contribution in [2.75, 3.05) is 38.7 Å². The summed E-state index contributed by atoms with van der Waals surface area (Å²) in [4.78, 5) is 15.4. The zero-order valence-electron chi connectivity index (χ0n) is 12.3. The van der Waals surface area contributed by atoms with Gasteiger partial charge in [-0.15, -0.1) is 0 Å². The van der Waals surface area contributed by atoms with Crippen LogP contribution in [0.1, 0.15) is 12.8 Å². The van der Waals surface area contributed by atoms with Crippen molar-refractivity contribution in [2.24, 2.45) is 0 Å². The Kier molecular flexibility index (Phi) is 4.57. The van der Waals surface area contributed by atoms with Gasteiger partial charge in [0.25, 0.3) is 0 Å². The summed E-state index contributed by atoms with van der Waals surface area (Å²) < 4.78 is 5.17. The van der Waals surface area contributed by atoms with E-state index in [0.717, 1.165) is 37.6 Å². The monoisotopic (exact) mass is 287 g/mol. The third-order valence-electron chi connectivity index (χ3n) is 3.93. The lowest BCUT2D eigenvalue weighted by molar-refractivity contribution is 0.143. The van der Waals surface area contributed by atoms with Crippen LogP contribution in [0.15, 0.2) is 24.5 Å². The van der Waals surface area contributed by atoms with E-state index in [-0.39, 0.29) is 0 Å². The van der Waals surface area contributed by atoms with Gasteiger partial charge in [0.2, 0.25) is 0 Å². The summed E-state index contributed by atoms with van der Waals surface area (Å²) in [5.74, 6) is 0.863. The summed E-state index contributed by atoms with van der Waals surface area (Å²) >= 11 is 0. The van der Waals surface area contributed by atoms with E-state index in [1.807, 2.05) is 12.1 Å². The largest absolute Gasteiger partial charge is 0.383 e. The molecular formula is C15H21N5O. The normalized spacial score (nSPS) is 19.2. The van der Waals surface area contributed by atoms with Crippen molar-refractivity contribution in [3.63, 3.8) is 0 Å². The molecule has 0 amide bonds. The summed E-state index contributed by atoms with van der Waals surface area (Å²) in [5.41, 5.74) is 1.51. The molecule has 2 aromatic rings. The van der Waals surface area contributed by atoms with Crippen LogP contribution in [0.2, 0.25) is 0 Å². The Hall–Kier alpha value is -1.79. The Labute approximate surface area is 124 Å². The lowest BCUT2D eigenvalue weighted by Crippen LogP contribution is -2.37. The SMILES string of the molecule is COCCN1CCCC1CNc1ccc2nccnc2n1. The van der Waals surface area contributed by atoms with Crippen LogP contribution in [0.25, 0.3) is 11.2 Å². The van der Waals surface area contributed by atoms with Crippen LogP contribution < -0.4 is 5.32 Å². The molecule has 112 valence electrons. The van der Waals surface area contributed by atoms with Crippen molar-refractivity contribution < 1.29 is 4.74 Å². The molecule has 3 heterocycles. The molecule has 1 fully saturated rings. The fourth-order valence-corrected chi connectivity index (χ4v) is 2.80. The molecule has 0 aliphatic carbocycles. The quantitative estimate of drug-likeness (QED) is 0.869. The van der Waals surface area contributed by atoms with E-state index in [0.29, 0.717) is 11.7 Å². The number of aromatic nitrogens is 3. The number of fused-ring (bicyclic) bond motifs is 1. The highest BCUT2D eigenvalue weighted by Gasteiger charge is 2.23. The van der Waals surface area contributed by atoms with Gasteiger partial charge in [0.1, 0.15) is 11.3 Å². The molecule has 1 saturated heterocycles. The van der Waals surface area contributed by atoms with Crippen LogP contribution >= 0.6 is 0 Å². The molecule has 3 rings (SSSR count). The number of methoxy groups -OCH3 is 1. The zero-order chi connectivity index (χ0) is 14.5. The van der Waals surface area contributed by atoms with Gasteiger partial charge >= 0.3 is 0 Å². The highest BCUT2D eigenvalue weighted by atomic mass is 16.5. The Morgan fingerprint density at radius 3 is 3.14 bits per heavy atom. The topological polar surface area (TPSA) is 63.2 Å². The van der Waals surface area contributed by atoms with Crippen molar-refractivity contribution in [1.29, 1.82) is 0 Å². The number of ether oxygens (including phenoxy) is 1. The van der Waals surface area contributed by atoms with Gasteiger partial charge in [-0.3, -0.25) is 9.88 Å². The molecule has 0 spiro atoms. The van der Waals surface area contributed by atoms with Crippen LogP contribution in [0, 0.1) is 0 Å². The van der Waals surface area contributed by atoms with Gasteiger partial charge in [-0.25, -0.2) is 9.97 Å². The molecule has 0 radical (unpaired) electrons. The summed E-state index contributed by atoms with van der Waals surface area (Å²) in [6, 6.07) is 4.47. The molecule has 1 aliphatic heterocycles. The zero-order valence-corrected chi connectivity index (χ0v) is 12.3. The first-order valence-corrected chi connectivity index (χ1v) is 7.41. The van der Waals surface area contributed by atoms with E-state index >= 15 is 0 Å². The lowest BCUT2D eigenvalue weighted by Gasteiger charge is -2.24. The second-order valence-corrected chi connectivity index (χ2v) is 5.30. The molecule has 21 heavy (non-hydrogen) atoms. The van der Waals surface area contributed by atoms with Crippen molar-refractivity contribution in [1.82, 2.24) is 19.9 Å². The molecule has 2 aromatic heterocycles. The number of rotatable bonds is 6. The third-order valence-corrected chi connectivity index (χ3v) is 3.93. The fourth-order valence-electron chi connectivity index (χ4n) is 2.80. The Morgan fingerprint density at radius 2 is 2.24 bits per heavy atom. The predicted octanol–water partition coefficient (Wildman–Crippen LogP) is 1.55. The minimum Gasteiger partial charge on any atom is -0.383 e. The maximum Gasteiger partial charge on any atom is 0.180 e. The standard InChI is InChI=1S/C15H21N5O/c1-21-10-9-20-8-2-3-12(20)11-18-14-5-4-13-15(19-14)17-7-6-16-13/h4-7,12H,2-3,8-11H2,1H3,(H,17,18,19). The van der Waals surface area contributed by atoms with Gasteiger partial charge in [-0.1, -0.05) is 0 Å². The minimum atomic E-state index is 0.555. The fraction of sp³-hybridized carbons (Fsp3) is 0.533. The number of hydrogen-bond acceptors (Lipinski definition) is 6. The van der Waals surface area contributed by atoms with Crippen molar-refractivity contribution in [2.45, 2.75) is 18.9 Å². The van der Waals surface area contributed by atoms with Crippen LogP contribution in [0.4, 0.5) is 5.82 Å². The maximum absolute atomic E-state index is 5.17. The second-order valence-electron chi connectivity index (χ2n) is 5.30. The number of nitrogens with one attached hydrogen (secondary N) is 1. The van der Waals surface area contributed by atoms with Gasteiger partial charge in [0.05, 0.1) is 6.61 Å². The predicted molar refractivity (Wildman–Crippen MR) is 82.3 cm³/mol. The first-order chi connectivity index (χ1) is 10.4. The highest BCUT2D eigenvalue weighted by molar-refractivity contribution is 5.71. The van der Waals surface area contributed by atoms with Gasteiger partial charge in [-0.05, 0) is 31.5 Å². The van der Waals surface area contributed by atoms with Gasteiger partial charge in [0.15, 0.2) is 5.65 Å². The first kappa shape index (κ1) is 14.2. The van der Waals surface area contributed by atoms with Crippen molar-refractivity contribution in [3.8, 4) is 0 Å². The van der Waals surface area contributed by atoms with E-state index in [4.69, 9.17) is 4.74 Å². The van der Waals surface area contributed by atoms with E-state index in [1.54, 1.807) is 19.5 Å². The van der Waals surface area contributed by atoms with Crippen LogP contribution in [0.5, 0.6) is 0 Å². The van der Waals surface area contributed by atoms with E-state index in [2.05, 4.69) is 25.2 Å². The molecule has 6 nitrogen and oxygen atoms in total. The second kappa shape index (κ2) is 6.78. The molecule has 1 N–H and O–H groups in total. The Bertz CT molecular complexity index is 591. The molecule has 1 aliphatic rings. The van der Waals surface area contributed by atoms with E-state index in [9.17, 15) is 0 Å². The van der Waals surface area contributed by atoms with Gasteiger partial charge < -0.3 is 10.1 Å². The number of hydrogen-bond donors (Lipinski definition) is 1. The molecular weight excluding hydrogens is 266 g/mol. The van der Waals surface area contributed by atoms with Crippen LogP contribution in [0.3, 0.4) is 0 Å². The molecule has 6 heteroatoms. The Balaban J connectivity index is 1.60. The molecule has 1 unspecified atom stereocenters. The van der Waals surface area contributed by atoms with Gasteiger partial charge in [-0.2, -0.15) is 0 Å². The summed E-state index contributed by atoms with van der Waals surface area (Å²) in [5, 5.41) is 3.42. The Morgan fingerprint density at radius 1 is 1.33 bits per heavy atom. The van der Waals surface area contributed by atoms with Crippen LogP contribution in [-0.2, 0) is 4.74 Å². The van der Waals surface area contributed by atoms with Gasteiger partial charge in [0, 0.05) is 38.6 Å². The average Bonchev–Trinajstić information content (AvgIpc) is 2.98. The van der Waals surface area contributed by atoms with Crippen molar-refractivity contribution in [3.05, 3.63) is 24.5 Å². The third kappa shape index (κ3) is 3.46. The summed E-state index contributed by atoms with van der Waals surface area (Å²) in [6.07, 6.45) is 5.84. The highest BCUT2D eigenvalue weighted by Crippen LogP contribution is 2.18. The summed E-state index contributed by atoms with van der Waals surface area (Å²) in [7, 11) is 1.75. The molecule has 0 saturated carbocycles. The number of anilines is 1. The van der Waals surface area contributed by atoms with Crippen LogP contribution in [-0.4, -0.2) is 59.2 Å². The average molecular weight is 287 g/mol. The number of pyridine rings is 1. The maximum atomic E-state index is 5.17. The molecule has 0 aromatic carbocycles. The number of likely N-dealkylation sites (tertiary alicyclic amines) is 1. The lowest BCUT2D eigenvalue weighted by atomic mass is 10.2. The first-order valence-electron chi connectivity index (χ1n) is 7.41. The molecule has 0 bridgehead atoms. The van der Waals surface area contributed by atoms with E-state index < -0.39 is 0 Å². The molecule has 1 atom stereocenters. The van der Waals surface area contributed by atoms with Crippen molar-refractivity contribution >= 4 is 17.0 Å².